The zero-order valence-corrected chi connectivity index (χ0v) is 9.39. The molecule has 0 saturated heterocycles. The normalized spacial score (nSPS) is 10.7. The molecule has 0 aliphatic heterocycles. The van der Waals surface area contributed by atoms with E-state index in [4.69, 9.17) is 10.3 Å². The third kappa shape index (κ3) is 1.87. The van der Waals surface area contributed by atoms with Crippen LogP contribution in [0.15, 0.2) is 41.2 Å². The van der Waals surface area contributed by atoms with Crippen LogP contribution in [-0.2, 0) is 6.54 Å². The summed E-state index contributed by atoms with van der Waals surface area (Å²) in [7, 11) is 0. The van der Waals surface area contributed by atoms with Gasteiger partial charge in [0.1, 0.15) is 0 Å². The van der Waals surface area contributed by atoms with Crippen molar-refractivity contribution in [3.8, 4) is 17.1 Å². The molecule has 1 aromatic carbocycles. The van der Waals surface area contributed by atoms with Crippen molar-refractivity contribution in [2.45, 2.75) is 6.54 Å². The Morgan fingerprint density at radius 3 is 3.00 bits per heavy atom. The first-order valence-corrected chi connectivity index (χ1v) is 5.36. The van der Waals surface area contributed by atoms with Gasteiger partial charge < -0.3 is 10.3 Å². The molecule has 0 atom stereocenters. The average molecular weight is 242 g/mol. The van der Waals surface area contributed by atoms with Crippen LogP contribution in [0.4, 0.5) is 0 Å². The van der Waals surface area contributed by atoms with Gasteiger partial charge in [0.05, 0.1) is 24.6 Å². The van der Waals surface area contributed by atoms with Gasteiger partial charge in [-0.05, 0) is 12.1 Å². The molecule has 18 heavy (non-hydrogen) atoms. The van der Waals surface area contributed by atoms with Gasteiger partial charge in [-0.25, -0.2) is 4.68 Å². The topological polar surface area (TPSA) is 95.7 Å². The molecular weight excluding hydrogens is 232 g/mol. The van der Waals surface area contributed by atoms with Gasteiger partial charge in [-0.3, -0.25) is 0 Å². The number of nitrogens with two attached hydrogens (primary N) is 1. The van der Waals surface area contributed by atoms with E-state index in [1.165, 1.54) is 0 Å². The van der Waals surface area contributed by atoms with Gasteiger partial charge in [0, 0.05) is 5.56 Å². The second kappa shape index (κ2) is 4.38. The summed E-state index contributed by atoms with van der Waals surface area (Å²) in [6.07, 6.45) is 3.38. The third-order valence-electron chi connectivity index (χ3n) is 2.43. The standard InChI is InChI=1S/C11H10N6O/c12-7-10-14-11(15-18-10)8-2-1-3-9(6-8)17-5-4-13-16-17/h1-6H,7,12H2. The average Bonchev–Trinajstić information content (AvgIpc) is 3.10. The highest BCUT2D eigenvalue weighted by Crippen LogP contribution is 2.18. The van der Waals surface area contributed by atoms with Crippen LogP contribution >= 0.6 is 0 Å². The summed E-state index contributed by atoms with van der Waals surface area (Å²) in [6, 6.07) is 7.61. The molecule has 0 aliphatic carbocycles. The van der Waals surface area contributed by atoms with E-state index >= 15 is 0 Å². The fourth-order valence-electron chi connectivity index (χ4n) is 1.59. The van der Waals surface area contributed by atoms with E-state index in [2.05, 4.69) is 20.5 Å². The first kappa shape index (κ1) is 10.6. The smallest absolute Gasteiger partial charge is 0.240 e. The van der Waals surface area contributed by atoms with E-state index in [9.17, 15) is 0 Å². The number of hydrogen-bond donors (Lipinski definition) is 1. The molecule has 3 rings (SSSR count). The van der Waals surface area contributed by atoms with Gasteiger partial charge in [-0.2, -0.15) is 4.98 Å². The minimum absolute atomic E-state index is 0.232. The molecule has 0 spiro atoms. The summed E-state index contributed by atoms with van der Waals surface area (Å²) < 4.78 is 6.64. The molecule has 2 heterocycles. The summed E-state index contributed by atoms with van der Waals surface area (Å²) in [5.74, 6) is 0.925. The molecule has 0 saturated carbocycles. The number of rotatable bonds is 3. The van der Waals surface area contributed by atoms with E-state index in [1.807, 2.05) is 24.3 Å². The Bertz CT molecular complexity index is 645. The van der Waals surface area contributed by atoms with E-state index in [-0.39, 0.29) is 6.54 Å². The molecule has 0 amide bonds. The Morgan fingerprint density at radius 2 is 2.28 bits per heavy atom. The Balaban J connectivity index is 2.00. The van der Waals surface area contributed by atoms with Crippen LogP contribution in [0.5, 0.6) is 0 Å². The Hall–Kier alpha value is -2.54. The maximum absolute atomic E-state index is 5.43. The second-order valence-corrected chi connectivity index (χ2v) is 3.61. The lowest BCUT2D eigenvalue weighted by Gasteiger charge is -2.01. The summed E-state index contributed by atoms with van der Waals surface area (Å²) >= 11 is 0. The van der Waals surface area contributed by atoms with E-state index in [0.29, 0.717) is 11.7 Å². The van der Waals surface area contributed by atoms with E-state index in [0.717, 1.165) is 11.3 Å². The van der Waals surface area contributed by atoms with Gasteiger partial charge in [-0.15, -0.1) is 5.10 Å². The van der Waals surface area contributed by atoms with Crippen molar-refractivity contribution >= 4 is 0 Å². The zero-order chi connectivity index (χ0) is 12.4. The quantitative estimate of drug-likeness (QED) is 0.729. The van der Waals surface area contributed by atoms with Crippen molar-refractivity contribution in [2.24, 2.45) is 5.73 Å². The molecule has 90 valence electrons. The van der Waals surface area contributed by atoms with E-state index < -0.39 is 0 Å². The van der Waals surface area contributed by atoms with Gasteiger partial charge in [0.15, 0.2) is 0 Å². The summed E-state index contributed by atoms with van der Waals surface area (Å²) in [5, 5.41) is 11.6. The summed E-state index contributed by atoms with van der Waals surface area (Å²) in [5.41, 5.74) is 7.15. The fraction of sp³-hybridized carbons (Fsp3) is 0.0909. The van der Waals surface area contributed by atoms with Gasteiger partial charge >= 0.3 is 0 Å². The van der Waals surface area contributed by atoms with Crippen molar-refractivity contribution in [1.82, 2.24) is 25.1 Å². The second-order valence-electron chi connectivity index (χ2n) is 3.61. The lowest BCUT2D eigenvalue weighted by molar-refractivity contribution is 0.380. The minimum atomic E-state index is 0.232. The molecular formula is C11H10N6O. The number of nitrogens with zero attached hydrogens (tertiary/aromatic N) is 5. The molecule has 0 aliphatic rings. The molecule has 0 bridgehead atoms. The molecule has 7 heteroatoms. The summed E-state index contributed by atoms with van der Waals surface area (Å²) in [6.45, 7) is 0.232. The van der Waals surface area contributed by atoms with Crippen molar-refractivity contribution in [1.29, 1.82) is 0 Å². The predicted octanol–water partition coefficient (Wildman–Crippen LogP) is 0.776. The minimum Gasteiger partial charge on any atom is -0.338 e. The molecule has 2 aromatic heterocycles. The van der Waals surface area contributed by atoms with Crippen LogP contribution in [0.1, 0.15) is 5.89 Å². The molecule has 7 nitrogen and oxygen atoms in total. The SMILES string of the molecule is NCc1nc(-c2cccc(-n3ccnn3)c2)no1. The van der Waals surface area contributed by atoms with Crippen LogP contribution in [0, 0.1) is 0 Å². The van der Waals surface area contributed by atoms with Gasteiger partial charge in [0.2, 0.25) is 11.7 Å². The van der Waals surface area contributed by atoms with Crippen LogP contribution < -0.4 is 5.73 Å². The predicted molar refractivity (Wildman–Crippen MR) is 62.5 cm³/mol. The Morgan fingerprint density at radius 1 is 1.33 bits per heavy atom. The molecule has 0 fully saturated rings. The Kier molecular flexibility index (Phi) is 2.58. The Labute approximate surface area is 102 Å². The van der Waals surface area contributed by atoms with Crippen LogP contribution in [0.25, 0.3) is 17.1 Å². The van der Waals surface area contributed by atoms with Gasteiger partial charge in [0.25, 0.3) is 0 Å². The molecule has 2 N–H and O–H groups in total. The lowest BCUT2D eigenvalue weighted by Crippen LogP contribution is -1.96. The highest BCUT2D eigenvalue weighted by Gasteiger charge is 2.08. The van der Waals surface area contributed by atoms with Gasteiger partial charge in [-0.1, -0.05) is 22.5 Å². The lowest BCUT2D eigenvalue weighted by atomic mass is 10.2. The van der Waals surface area contributed by atoms with Crippen molar-refractivity contribution in [3.05, 3.63) is 42.5 Å². The first-order chi connectivity index (χ1) is 8.86. The van der Waals surface area contributed by atoms with Crippen molar-refractivity contribution in [3.63, 3.8) is 0 Å². The van der Waals surface area contributed by atoms with Crippen LogP contribution in [0.2, 0.25) is 0 Å². The first-order valence-electron chi connectivity index (χ1n) is 5.36. The number of hydrogen-bond acceptors (Lipinski definition) is 6. The monoisotopic (exact) mass is 242 g/mol. The van der Waals surface area contributed by atoms with Crippen molar-refractivity contribution in [2.75, 3.05) is 0 Å². The van der Waals surface area contributed by atoms with E-state index in [1.54, 1.807) is 17.1 Å². The highest BCUT2D eigenvalue weighted by atomic mass is 16.5. The molecule has 3 aromatic rings. The highest BCUT2D eigenvalue weighted by molar-refractivity contribution is 5.58. The molecule has 0 radical (unpaired) electrons. The largest absolute Gasteiger partial charge is 0.338 e. The molecule has 0 unspecified atom stereocenters. The number of aromatic nitrogens is 5. The fourth-order valence-corrected chi connectivity index (χ4v) is 1.59. The maximum atomic E-state index is 5.43. The van der Waals surface area contributed by atoms with Crippen molar-refractivity contribution < 1.29 is 4.52 Å². The zero-order valence-electron chi connectivity index (χ0n) is 9.39. The van der Waals surface area contributed by atoms with Crippen LogP contribution in [0.3, 0.4) is 0 Å². The summed E-state index contributed by atoms with van der Waals surface area (Å²) in [4.78, 5) is 4.17. The maximum Gasteiger partial charge on any atom is 0.240 e. The number of benzene rings is 1. The third-order valence-corrected chi connectivity index (χ3v) is 2.43. The van der Waals surface area contributed by atoms with Crippen LogP contribution in [-0.4, -0.2) is 25.1 Å².